The van der Waals surface area contributed by atoms with Gasteiger partial charge in [0.15, 0.2) is 6.10 Å². The zero-order valence-corrected chi connectivity index (χ0v) is 11.0. The van der Waals surface area contributed by atoms with Gasteiger partial charge in [-0.25, -0.2) is 4.79 Å². The molecule has 2 atom stereocenters. The highest BCUT2D eigenvalue weighted by Crippen LogP contribution is 2.28. The van der Waals surface area contributed by atoms with Crippen LogP contribution in [0.3, 0.4) is 0 Å². The second-order valence-electron chi connectivity index (χ2n) is 4.15. The normalized spacial score (nSPS) is 22.9. The van der Waals surface area contributed by atoms with Gasteiger partial charge in [-0.2, -0.15) is 0 Å². The van der Waals surface area contributed by atoms with Crippen molar-refractivity contribution in [2.75, 3.05) is 12.9 Å². The highest BCUT2D eigenvalue weighted by atomic mass is 32.2. The summed E-state index contributed by atoms with van der Waals surface area (Å²) in [5, 5.41) is 8.84. The number of rotatable bonds is 5. The molecule has 0 bridgehead atoms. The summed E-state index contributed by atoms with van der Waals surface area (Å²) in [7, 11) is 1.64. The van der Waals surface area contributed by atoms with Crippen LogP contribution in [-0.2, 0) is 9.53 Å². The molecule has 1 heterocycles. The Morgan fingerprint density at radius 3 is 3.06 bits per heavy atom. The maximum absolute atomic E-state index is 10.8. The van der Waals surface area contributed by atoms with Gasteiger partial charge in [-0.05, 0) is 31.0 Å². The van der Waals surface area contributed by atoms with Crippen molar-refractivity contribution in [3.05, 3.63) is 24.3 Å². The van der Waals surface area contributed by atoms with Gasteiger partial charge in [-0.15, -0.1) is 11.8 Å². The molecule has 0 amide bonds. The monoisotopic (exact) mass is 268 g/mol. The lowest BCUT2D eigenvalue weighted by Crippen LogP contribution is -2.21. The fourth-order valence-electron chi connectivity index (χ4n) is 1.89. The molecule has 1 aromatic carbocycles. The number of aliphatic carboxylic acids is 1. The molecule has 4 nitrogen and oxygen atoms in total. The van der Waals surface area contributed by atoms with E-state index in [9.17, 15) is 4.79 Å². The molecule has 0 aromatic heterocycles. The first-order valence-electron chi connectivity index (χ1n) is 5.84. The number of carbonyl (C=O) groups is 1. The fraction of sp³-hybridized carbons (Fsp3) is 0.462. The van der Waals surface area contributed by atoms with Gasteiger partial charge in [0.25, 0.3) is 0 Å². The fourth-order valence-corrected chi connectivity index (χ4v) is 2.89. The number of thioether (sulfide) groups is 1. The maximum Gasteiger partial charge on any atom is 0.332 e. The van der Waals surface area contributed by atoms with E-state index in [1.54, 1.807) is 18.9 Å². The Labute approximate surface area is 110 Å². The zero-order chi connectivity index (χ0) is 13.0. The third-order valence-corrected chi connectivity index (χ3v) is 3.99. The summed E-state index contributed by atoms with van der Waals surface area (Å²) < 4.78 is 10.6. The van der Waals surface area contributed by atoms with Gasteiger partial charge >= 0.3 is 5.97 Å². The lowest BCUT2D eigenvalue weighted by atomic mass is 10.2. The van der Waals surface area contributed by atoms with Crippen LogP contribution in [0.15, 0.2) is 29.2 Å². The van der Waals surface area contributed by atoms with E-state index in [0.717, 1.165) is 22.8 Å². The molecule has 2 rings (SSSR count). The minimum atomic E-state index is -0.858. The third kappa shape index (κ3) is 3.40. The molecule has 0 spiro atoms. The summed E-state index contributed by atoms with van der Waals surface area (Å²) in [6.45, 7) is 0. The molecular formula is C13H16O4S. The molecule has 1 fully saturated rings. The van der Waals surface area contributed by atoms with Crippen molar-refractivity contribution < 1.29 is 19.4 Å². The van der Waals surface area contributed by atoms with Gasteiger partial charge < -0.3 is 14.6 Å². The van der Waals surface area contributed by atoms with Gasteiger partial charge in [0.05, 0.1) is 13.2 Å². The predicted octanol–water partition coefficient (Wildman–Crippen LogP) is 2.42. The average molecular weight is 268 g/mol. The van der Waals surface area contributed by atoms with Crippen LogP contribution in [-0.4, -0.2) is 36.1 Å². The molecule has 1 aliphatic heterocycles. The number of methoxy groups -OCH3 is 1. The molecule has 18 heavy (non-hydrogen) atoms. The van der Waals surface area contributed by atoms with E-state index in [1.807, 2.05) is 24.3 Å². The first-order chi connectivity index (χ1) is 8.69. The van der Waals surface area contributed by atoms with Crippen LogP contribution in [0.2, 0.25) is 0 Å². The molecule has 0 radical (unpaired) electrons. The second-order valence-corrected chi connectivity index (χ2v) is 5.25. The van der Waals surface area contributed by atoms with Crippen molar-refractivity contribution in [2.45, 2.75) is 29.9 Å². The molecule has 1 aliphatic rings. The van der Waals surface area contributed by atoms with Crippen molar-refractivity contribution in [3.8, 4) is 5.75 Å². The van der Waals surface area contributed by atoms with Crippen molar-refractivity contribution in [1.29, 1.82) is 0 Å². The van der Waals surface area contributed by atoms with Crippen molar-refractivity contribution in [3.63, 3.8) is 0 Å². The summed E-state index contributed by atoms with van der Waals surface area (Å²) in [6, 6.07) is 7.82. The Kier molecular flexibility index (Phi) is 4.49. The molecule has 0 saturated carbocycles. The Balaban J connectivity index is 1.83. The highest BCUT2D eigenvalue weighted by molar-refractivity contribution is 7.99. The predicted molar refractivity (Wildman–Crippen MR) is 69.2 cm³/mol. The van der Waals surface area contributed by atoms with Crippen LogP contribution in [0.5, 0.6) is 5.75 Å². The summed E-state index contributed by atoms with van der Waals surface area (Å²) >= 11 is 1.66. The molecule has 1 aromatic rings. The molecule has 2 unspecified atom stereocenters. The van der Waals surface area contributed by atoms with E-state index in [-0.39, 0.29) is 6.10 Å². The topological polar surface area (TPSA) is 55.8 Å². The minimum Gasteiger partial charge on any atom is -0.497 e. The number of hydrogen-bond donors (Lipinski definition) is 1. The largest absolute Gasteiger partial charge is 0.497 e. The SMILES string of the molecule is COc1cccc(SCC2CCC(C(=O)O)O2)c1. The van der Waals surface area contributed by atoms with Gasteiger partial charge in [0, 0.05) is 10.6 Å². The van der Waals surface area contributed by atoms with Crippen LogP contribution in [0.1, 0.15) is 12.8 Å². The first kappa shape index (κ1) is 13.2. The molecule has 1 N–H and O–H groups in total. The number of carboxylic acid groups (broad SMARTS) is 1. The highest BCUT2D eigenvalue weighted by Gasteiger charge is 2.30. The summed E-state index contributed by atoms with van der Waals surface area (Å²) in [4.78, 5) is 11.9. The van der Waals surface area contributed by atoms with Crippen LogP contribution >= 0.6 is 11.8 Å². The summed E-state index contributed by atoms with van der Waals surface area (Å²) in [5.41, 5.74) is 0. The number of ether oxygens (including phenoxy) is 2. The smallest absolute Gasteiger partial charge is 0.332 e. The second kappa shape index (κ2) is 6.11. The lowest BCUT2D eigenvalue weighted by Gasteiger charge is -2.11. The van der Waals surface area contributed by atoms with Gasteiger partial charge in [-0.3, -0.25) is 0 Å². The average Bonchev–Trinajstić information content (AvgIpc) is 2.85. The van der Waals surface area contributed by atoms with Crippen LogP contribution in [0.4, 0.5) is 0 Å². The van der Waals surface area contributed by atoms with E-state index in [1.165, 1.54) is 0 Å². The summed E-state index contributed by atoms with van der Waals surface area (Å²) in [5.74, 6) is 0.747. The Morgan fingerprint density at radius 1 is 1.56 bits per heavy atom. The Hall–Kier alpha value is -1.20. The zero-order valence-electron chi connectivity index (χ0n) is 10.2. The van der Waals surface area contributed by atoms with Crippen LogP contribution in [0.25, 0.3) is 0 Å². The van der Waals surface area contributed by atoms with Crippen molar-refractivity contribution >= 4 is 17.7 Å². The lowest BCUT2D eigenvalue weighted by molar-refractivity contribution is -0.148. The quantitative estimate of drug-likeness (QED) is 0.831. The van der Waals surface area contributed by atoms with Gasteiger partial charge in [-0.1, -0.05) is 6.07 Å². The van der Waals surface area contributed by atoms with Crippen molar-refractivity contribution in [2.24, 2.45) is 0 Å². The molecular weight excluding hydrogens is 252 g/mol. The Morgan fingerprint density at radius 2 is 2.39 bits per heavy atom. The van der Waals surface area contributed by atoms with Gasteiger partial charge in [0.1, 0.15) is 5.75 Å². The molecule has 98 valence electrons. The summed E-state index contributed by atoms with van der Waals surface area (Å²) in [6.07, 6.45) is 0.829. The van der Waals surface area contributed by atoms with Crippen LogP contribution < -0.4 is 4.74 Å². The van der Waals surface area contributed by atoms with E-state index < -0.39 is 12.1 Å². The van der Waals surface area contributed by atoms with Crippen molar-refractivity contribution in [1.82, 2.24) is 0 Å². The Bertz CT molecular complexity index is 421. The number of benzene rings is 1. The van der Waals surface area contributed by atoms with E-state index in [0.29, 0.717) is 6.42 Å². The molecule has 5 heteroatoms. The standard InChI is InChI=1S/C13H16O4S/c1-16-9-3-2-4-11(7-9)18-8-10-5-6-12(17-10)13(14)15/h2-4,7,10,12H,5-6,8H2,1H3,(H,14,15). The number of hydrogen-bond acceptors (Lipinski definition) is 4. The first-order valence-corrected chi connectivity index (χ1v) is 6.82. The van der Waals surface area contributed by atoms with E-state index in [2.05, 4.69) is 0 Å². The minimum absolute atomic E-state index is 0.0299. The molecule has 1 saturated heterocycles. The molecule has 0 aliphatic carbocycles. The van der Waals surface area contributed by atoms with E-state index in [4.69, 9.17) is 14.6 Å². The third-order valence-electron chi connectivity index (χ3n) is 2.86. The van der Waals surface area contributed by atoms with E-state index >= 15 is 0 Å². The maximum atomic E-state index is 10.8. The van der Waals surface area contributed by atoms with Gasteiger partial charge in [0.2, 0.25) is 0 Å². The number of carboxylic acids is 1. The van der Waals surface area contributed by atoms with Crippen LogP contribution in [0, 0.1) is 0 Å².